The monoisotopic (exact) mass is 282 g/mol. The highest BCUT2D eigenvalue weighted by molar-refractivity contribution is 6.12. The fraction of sp³-hybridized carbons (Fsp3) is 0.235. The minimum absolute atomic E-state index is 0.280. The van der Waals surface area contributed by atoms with Crippen LogP contribution in [0.4, 0.5) is 4.79 Å². The molecule has 3 rings (SSSR count). The molecule has 0 fully saturated rings. The molecule has 1 aromatic heterocycles. The quantitative estimate of drug-likeness (QED) is 0.672. The molecule has 0 aliphatic carbocycles. The topological polar surface area (TPSA) is 34.5 Å². The van der Waals surface area contributed by atoms with E-state index in [1.54, 1.807) is 4.57 Å². The number of para-hydroxylation sites is 2. The number of benzene rings is 2. The van der Waals surface area contributed by atoms with Crippen molar-refractivity contribution >= 4 is 27.9 Å². The van der Waals surface area contributed by atoms with E-state index >= 15 is 0 Å². The minimum Gasteiger partial charge on any atom is -0.430 e. The van der Waals surface area contributed by atoms with Gasteiger partial charge in [-0.3, -0.25) is 4.90 Å². The summed E-state index contributed by atoms with van der Waals surface area (Å²) in [6, 6.07) is 15.8. The molecule has 0 bridgehead atoms. The molecule has 0 saturated heterocycles. The zero-order chi connectivity index (χ0) is 15.0. The zero-order valence-corrected chi connectivity index (χ0v) is 12.4. The summed E-state index contributed by atoms with van der Waals surface area (Å²) in [4.78, 5) is 14.4. The lowest BCUT2D eigenvalue weighted by Crippen LogP contribution is -2.31. The maximum absolute atomic E-state index is 12.6. The number of nitrogens with zero attached hydrogens (tertiary/aromatic N) is 2. The Morgan fingerprint density at radius 3 is 1.95 bits per heavy atom. The van der Waals surface area contributed by atoms with Gasteiger partial charge in [0.25, 0.3) is 0 Å². The van der Waals surface area contributed by atoms with Gasteiger partial charge in [-0.15, -0.1) is 0 Å². The normalized spacial score (nSPS) is 13.0. The fourth-order valence-electron chi connectivity index (χ4n) is 2.42. The summed E-state index contributed by atoms with van der Waals surface area (Å²) in [7, 11) is 3.76. The molecule has 0 aliphatic rings. The number of hydrogen-bond acceptors (Lipinski definition) is 3. The first kappa shape index (κ1) is 13.6. The second-order valence-electron chi connectivity index (χ2n) is 5.32. The highest BCUT2D eigenvalue weighted by Crippen LogP contribution is 2.28. The number of rotatable bonds is 2. The van der Waals surface area contributed by atoms with E-state index in [1.165, 1.54) is 0 Å². The smallest absolute Gasteiger partial charge is 0.420 e. The average molecular weight is 282 g/mol. The molecule has 4 nitrogen and oxygen atoms in total. The van der Waals surface area contributed by atoms with Crippen molar-refractivity contribution in [3.8, 4) is 0 Å². The summed E-state index contributed by atoms with van der Waals surface area (Å²) in [5.74, 6) is 0. The van der Waals surface area contributed by atoms with Gasteiger partial charge in [0.1, 0.15) is 0 Å². The van der Waals surface area contributed by atoms with Crippen molar-refractivity contribution in [2.45, 2.75) is 13.2 Å². The van der Waals surface area contributed by atoms with Crippen molar-refractivity contribution < 1.29 is 9.53 Å². The molecule has 108 valence electrons. The summed E-state index contributed by atoms with van der Waals surface area (Å²) >= 11 is 0. The van der Waals surface area contributed by atoms with Crippen LogP contribution >= 0.6 is 0 Å². The molecule has 0 spiro atoms. The molecular formula is C17H18N2O2. The Labute approximate surface area is 123 Å². The van der Waals surface area contributed by atoms with Gasteiger partial charge in [-0.25, -0.2) is 9.36 Å². The van der Waals surface area contributed by atoms with Crippen LogP contribution in [0.15, 0.2) is 48.5 Å². The van der Waals surface area contributed by atoms with Gasteiger partial charge in [0, 0.05) is 10.8 Å². The second-order valence-corrected chi connectivity index (χ2v) is 5.32. The number of carbonyl (C=O) groups is 1. The maximum Gasteiger partial charge on any atom is 0.420 e. The van der Waals surface area contributed by atoms with Gasteiger partial charge in [-0.1, -0.05) is 36.4 Å². The van der Waals surface area contributed by atoms with Gasteiger partial charge in [0.15, 0.2) is 6.23 Å². The Bertz CT molecular complexity index is 752. The summed E-state index contributed by atoms with van der Waals surface area (Å²) < 4.78 is 7.17. The lowest BCUT2D eigenvalue weighted by atomic mass is 10.2. The van der Waals surface area contributed by atoms with E-state index in [1.807, 2.05) is 74.4 Å². The van der Waals surface area contributed by atoms with Crippen molar-refractivity contribution in [1.82, 2.24) is 9.47 Å². The van der Waals surface area contributed by atoms with Crippen molar-refractivity contribution in [3.05, 3.63) is 48.5 Å². The van der Waals surface area contributed by atoms with Crippen molar-refractivity contribution in [1.29, 1.82) is 0 Å². The third-order valence-electron chi connectivity index (χ3n) is 3.76. The fourth-order valence-corrected chi connectivity index (χ4v) is 2.42. The first-order chi connectivity index (χ1) is 10.1. The molecule has 2 aromatic carbocycles. The first-order valence-corrected chi connectivity index (χ1v) is 6.95. The van der Waals surface area contributed by atoms with Crippen LogP contribution in [-0.2, 0) is 4.74 Å². The number of hydrogen-bond donors (Lipinski definition) is 0. The van der Waals surface area contributed by atoms with Gasteiger partial charge < -0.3 is 4.74 Å². The molecule has 21 heavy (non-hydrogen) atoms. The van der Waals surface area contributed by atoms with Crippen LogP contribution in [0, 0.1) is 0 Å². The molecule has 0 aliphatic heterocycles. The number of carbonyl (C=O) groups excluding carboxylic acids is 1. The average Bonchev–Trinajstić information content (AvgIpc) is 2.81. The molecule has 3 aromatic rings. The maximum atomic E-state index is 12.6. The van der Waals surface area contributed by atoms with E-state index in [9.17, 15) is 4.79 Å². The molecule has 0 amide bonds. The Morgan fingerprint density at radius 2 is 1.48 bits per heavy atom. The van der Waals surface area contributed by atoms with E-state index in [0.29, 0.717) is 0 Å². The third-order valence-corrected chi connectivity index (χ3v) is 3.76. The van der Waals surface area contributed by atoms with Crippen LogP contribution in [0.1, 0.15) is 6.92 Å². The zero-order valence-electron chi connectivity index (χ0n) is 12.4. The highest BCUT2D eigenvalue weighted by Gasteiger charge is 2.19. The van der Waals surface area contributed by atoms with Gasteiger partial charge in [-0.05, 0) is 33.2 Å². The van der Waals surface area contributed by atoms with Crippen molar-refractivity contribution in [2.24, 2.45) is 0 Å². The van der Waals surface area contributed by atoms with Crippen LogP contribution in [-0.4, -0.2) is 35.9 Å². The van der Waals surface area contributed by atoms with E-state index in [0.717, 1.165) is 21.8 Å². The third kappa shape index (κ3) is 2.28. The molecular weight excluding hydrogens is 264 g/mol. The number of fused-ring (bicyclic) bond motifs is 3. The van der Waals surface area contributed by atoms with E-state index < -0.39 is 0 Å². The standard InChI is InChI=1S/C17H18N2O2/c1-12(18(2)3)21-17(20)19-15-10-6-4-8-13(15)14-9-5-7-11-16(14)19/h4-12H,1-3H3. The SMILES string of the molecule is CC(OC(=O)n1c2ccccc2c2ccccc21)N(C)C. The van der Waals surface area contributed by atoms with Gasteiger partial charge >= 0.3 is 6.09 Å². The van der Waals surface area contributed by atoms with Gasteiger partial charge in [0.05, 0.1) is 11.0 Å². The van der Waals surface area contributed by atoms with Gasteiger partial charge in [0.2, 0.25) is 0 Å². The second kappa shape index (κ2) is 5.22. The summed E-state index contributed by atoms with van der Waals surface area (Å²) in [5.41, 5.74) is 1.74. The predicted molar refractivity (Wildman–Crippen MR) is 84.5 cm³/mol. The Hall–Kier alpha value is -2.33. The largest absolute Gasteiger partial charge is 0.430 e. The van der Waals surface area contributed by atoms with Crippen molar-refractivity contribution in [3.63, 3.8) is 0 Å². The lowest BCUT2D eigenvalue weighted by Gasteiger charge is -2.20. The van der Waals surface area contributed by atoms with Crippen LogP contribution in [0.3, 0.4) is 0 Å². The van der Waals surface area contributed by atoms with E-state index in [2.05, 4.69) is 0 Å². The Kier molecular flexibility index (Phi) is 3.39. The van der Waals surface area contributed by atoms with Crippen LogP contribution in [0.2, 0.25) is 0 Å². The molecule has 0 saturated carbocycles. The Balaban J connectivity index is 2.18. The number of ether oxygens (including phenoxy) is 1. The summed E-state index contributed by atoms with van der Waals surface area (Å²) in [6.07, 6.45) is -0.633. The van der Waals surface area contributed by atoms with Crippen LogP contribution in [0.5, 0.6) is 0 Å². The molecule has 0 radical (unpaired) electrons. The van der Waals surface area contributed by atoms with Crippen molar-refractivity contribution in [2.75, 3.05) is 14.1 Å². The van der Waals surface area contributed by atoms with Gasteiger partial charge in [-0.2, -0.15) is 0 Å². The number of aromatic nitrogens is 1. The molecule has 1 heterocycles. The highest BCUT2D eigenvalue weighted by atomic mass is 16.6. The molecule has 4 heteroatoms. The minimum atomic E-state index is -0.353. The molecule has 1 atom stereocenters. The van der Waals surface area contributed by atoms with Crippen LogP contribution < -0.4 is 0 Å². The molecule has 1 unspecified atom stereocenters. The molecule has 0 N–H and O–H groups in total. The summed E-state index contributed by atoms with van der Waals surface area (Å²) in [5, 5.41) is 2.12. The predicted octanol–water partition coefficient (Wildman–Crippen LogP) is 3.69. The first-order valence-electron chi connectivity index (χ1n) is 6.95. The van der Waals surface area contributed by atoms with E-state index in [4.69, 9.17) is 4.74 Å². The lowest BCUT2D eigenvalue weighted by molar-refractivity contribution is 0.0290. The van der Waals surface area contributed by atoms with E-state index in [-0.39, 0.29) is 12.3 Å². The Morgan fingerprint density at radius 1 is 1.00 bits per heavy atom. The van der Waals surface area contributed by atoms with Crippen LogP contribution in [0.25, 0.3) is 21.8 Å². The summed E-state index contributed by atoms with van der Waals surface area (Å²) in [6.45, 7) is 1.85.